The highest BCUT2D eigenvalue weighted by Gasteiger charge is 2.36. The van der Waals surface area contributed by atoms with E-state index >= 15 is 0 Å². The summed E-state index contributed by atoms with van der Waals surface area (Å²) in [7, 11) is -4.30. The second-order valence-corrected chi connectivity index (χ2v) is 12.3. The molecule has 7 nitrogen and oxygen atoms in total. The second kappa shape index (κ2) is 14.1. The van der Waals surface area contributed by atoms with Crippen molar-refractivity contribution in [2.75, 3.05) is 17.1 Å². The summed E-state index contributed by atoms with van der Waals surface area (Å²) < 4.78 is 66.8. The molecule has 3 aromatic rings. The van der Waals surface area contributed by atoms with Gasteiger partial charge in [0.05, 0.1) is 22.5 Å². The molecule has 0 aromatic heterocycles. The minimum atomic E-state index is -4.78. The molecule has 0 heterocycles. The van der Waals surface area contributed by atoms with Crippen LogP contribution >= 0.6 is 11.6 Å². The standard InChI is InChI=1S/C30H33ClF3N3O4S/c1-4-21(2)35-29(39)27(17-22-11-7-5-8-12-22)36(19-23-13-9-6-10-14-23)28(38)20-37(42(3,40)41)26-18-24(30(32,33)34)15-16-25(26)31/h5-16,18,21,27H,4,17,19-20H2,1-3H3,(H,35,39)/t21-,27-/m1/s1. The summed E-state index contributed by atoms with van der Waals surface area (Å²) in [6.07, 6.45) is -3.26. The van der Waals surface area contributed by atoms with Gasteiger partial charge in [-0.2, -0.15) is 13.2 Å². The van der Waals surface area contributed by atoms with E-state index in [-0.39, 0.29) is 24.0 Å². The molecule has 0 aliphatic rings. The normalized spacial score (nSPS) is 13.2. The first-order valence-corrected chi connectivity index (χ1v) is 15.5. The number of carbonyl (C=O) groups is 2. The smallest absolute Gasteiger partial charge is 0.352 e. The van der Waals surface area contributed by atoms with Gasteiger partial charge >= 0.3 is 6.18 Å². The minimum Gasteiger partial charge on any atom is -0.352 e. The van der Waals surface area contributed by atoms with Gasteiger partial charge in [0.2, 0.25) is 21.8 Å². The van der Waals surface area contributed by atoms with Gasteiger partial charge < -0.3 is 10.2 Å². The van der Waals surface area contributed by atoms with Crippen molar-refractivity contribution in [3.8, 4) is 0 Å². The van der Waals surface area contributed by atoms with E-state index in [4.69, 9.17) is 11.6 Å². The molecule has 0 aliphatic carbocycles. The average molecular weight is 624 g/mol. The Morgan fingerprint density at radius 2 is 1.52 bits per heavy atom. The SMILES string of the molecule is CC[C@@H](C)NC(=O)[C@@H](Cc1ccccc1)N(Cc1ccccc1)C(=O)CN(c1cc(C(F)(F)F)ccc1Cl)S(C)(=O)=O. The quantitative estimate of drug-likeness (QED) is 0.281. The molecule has 12 heteroatoms. The fourth-order valence-electron chi connectivity index (χ4n) is 4.25. The first-order chi connectivity index (χ1) is 19.7. The van der Waals surface area contributed by atoms with Crippen LogP contribution in [-0.4, -0.2) is 50.0 Å². The number of nitrogens with zero attached hydrogens (tertiary/aromatic N) is 2. The highest BCUT2D eigenvalue weighted by atomic mass is 35.5. The van der Waals surface area contributed by atoms with Gasteiger partial charge in [-0.15, -0.1) is 0 Å². The lowest BCUT2D eigenvalue weighted by molar-refractivity contribution is -0.140. The first kappa shape index (κ1) is 32.9. The highest BCUT2D eigenvalue weighted by Crippen LogP contribution is 2.36. The molecule has 226 valence electrons. The molecule has 0 fully saturated rings. The van der Waals surface area contributed by atoms with Crippen LogP contribution in [0.15, 0.2) is 78.9 Å². The maximum Gasteiger partial charge on any atom is 0.416 e. The number of halogens is 4. The molecule has 0 spiro atoms. The number of alkyl halides is 3. The maximum atomic E-state index is 14.0. The van der Waals surface area contributed by atoms with Crippen LogP contribution in [0, 0.1) is 0 Å². The van der Waals surface area contributed by atoms with Crippen molar-refractivity contribution in [2.24, 2.45) is 0 Å². The topological polar surface area (TPSA) is 86.8 Å². The third kappa shape index (κ3) is 8.96. The molecule has 0 bridgehead atoms. The lowest BCUT2D eigenvalue weighted by atomic mass is 10.0. The van der Waals surface area contributed by atoms with Gasteiger partial charge in [0, 0.05) is 19.0 Å². The van der Waals surface area contributed by atoms with Crippen LogP contribution < -0.4 is 9.62 Å². The summed E-state index contributed by atoms with van der Waals surface area (Å²) in [6.45, 7) is 2.78. The van der Waals surface area contributed by atoms with Crippen LogP contribution in [-0.2, 0) is 38.8 Å². The van der Waals surface area contributed by atoms with Crippen LogP contribution in [0.1, 0.15) is 37.0 Å². The Morgan fingerprint density at radius 3 is 2.05 bits per heavy atom. The van der Waals surface area contributed by atoms with Crippen LogP contribution in [0.5, 0.6) is 0 Å². The molecule has 0 radical (unpaired) electrons. The van der Waals surface area contributed by atoms with Crippen molar-refractivity contribution >= 4 is 39.1 Å². The Kier molecular flexibility index (Phi) is 11.0. The fraction of sp³-hybridized carbons (Fsp3) is 0.333. The highest BCUT2D eigenvalue weighted by molar-refractivity contribution is 7.92. The average Bonchev–Trinajstić information content (AvgIpc) is 2.93. The van der Waals surface area contributed by atoms with Gasteiger partial charge in [0.25, 0.3) is 0 Å². The Hall–Kier alpha value is -3.57. The molecule has 3 aromatic carbocycles. The lowest BCUT2D eigenvalue weighted by Gasteiger charge is -2.34. The number of carbonyl (C=O) groups excluding carboxylic acids is 2. The van der Waals surface area contributed by atoms with Crippen molar-refractivity contribution in [3.63, 3.8) is 0 Å². The van der Waals surface area contributed by atoms with Crippen LogP contribution in [0.25, 0.3) is 0 Å². The van der Waals surface area contributed by atoms with Crippen LogP contribution in [0.3, 0.4) is 0 Å². The molecule has 2 amide bonds. The predicted molar refractivity (Wildman–Crippen MR) is 157 cm³/mol. The van der Waals surface area contributed by atoms with Gasteiger partial charge in [-0.25, -0.2) is 8.42 Å². The van der Waals surface area contributed by atoms with Crippen molar-refractivity contribution in [1.29, 1.82) is 0 Å². The van der Waals surface area contributed by atoms with E-state index in [0.717, 1.165) is 24.0 Å². The molecule has 0 saturated carbocycles. The Morgan fingerprint density at radius 1 is 0.952 bits per heavy atom. The molecular formula is C30H33ClF3N3O4S. The summed E-state index contributed by atoms with van der Waals surface area (Å²) in [6, 6.07) is 18.8. The second-order valence-electron chi connectivity index (χ2n) is 9.96. The van der Waals surface area contributed by atoms with Crippen molar-refractivity contribution in [3.05, 3.63) is 101 Å². The number of anilines is 1. The number of hydrogen-bond acceptors (Lipinski definition) is 4. The molecule has 2 atom stereocenters. The van der Waals surface area contributed by atoms with Gasteiger partial charge in [-0.3, -0.25) is 13.9 Å². The third-order valence-electron chi connectivity index (χ3n) is 6.69. The minimum absolute atomic E-state index is 0.0565. The number of sulfonamides is 1. The summed E-state index contributed by atoms with van der Waals surface area (Å²) in [5.41, 5.74) is -0.193. The summed E-state index contributed by atoms with van der Waals surface area (Å²) >= 11 is 6.17. The molecule has 3 rings (SSSR count). The monoisotopic (exact) mass is 623 g/mol. The maximum absolute atomic E-state index is 14.0. The zero-order chi connectivity index (χ0) is 31.1. The zero-order valence-corrected chi connectivity index (χ0v) is 25.0. The molecule has 0 saturated heterocycles. The van der Waals surface area contributed by atoms with Gasteiger partial charge in [0.1, 0.15) is 12.6 Å². The molecule has 1 N–H and O–H groups in total. The van der Waals surface area contributed by atoms with Gasteiger partial charge in [-0.05, 0) is 42.7 Å². The van der Waals surface area contributed by atoms with Gasteiger partial charge in [0.15, 0.2) is 0 Å². The summed E-state index contributed by atoms with van der Waals surface area (Å²) in [4.78, 5) is 28.9. The zero-order valence-electron chi connectivity index (χ0n) is 23.4. The summed E-state index contributed by atoms with van der Waals surface area (Å²) in [5.74, 6) is -1.24. The Balaban J connectivity index is 2.10. The lowest BCUT2D eigenvalue weighted by Crippen LogP contribution is -2.54. The van der Waals surface area contributed by atoms with E-state index in [1.54, 1.807) is 54.6 Å². The van der Waals surface area contributed by atoms with Crippen LogP contribution in [0.2, 0.25) is 5.02 Å². The molecule has 0 aliphatic heterocycles. The molecule has 42 heavy (non-hydrogen) atoms. The van der Waals surface area contributed by atoms with E-state index in [1.807, 2.05) is 19.9 Å². The number of amides is 2. The number of hydrogen-bond donors (Lipinski definition) is 1. The third-order valence-corrected chi connectivity index (χ3v) is 8.14. The van der Waals surface area contributed by atoms with Crippen molar-refractivity contribution < 1.29 is 31.2 Å². The number of benzene rings is 3. The predicted octanol–water partition coefficient (Wildman–Crippen LogP) is 5.68. The van der Waals surface area contributed by atoms with Gasteiger partial charge in [-0.1, -0.05) is 79.2 Å². The van der Waals surface area contributed by atoms with Crippen molar-refractivity contribution in [1.82, 2.24) is 10.2 Å². The van der Waals surface area contributed by atoms with E-state index in [2.05, 4.69) is 5.32 Å². The summed E-state index contributed by atoms with van der Waals surface area (Å²) in [5, 5.41) is 2.62. The molecular weight excluding hydrogens is 591 g/mol. The first-order valence-electron chi connectivity index (χ1n) is 13.2. The van der Waals surface area contributed by atoms with E-state index in [0.29, 0.717) is 22.4 Å². The largest absolute Gasteiger partial charge is 0.416 e. The van der Waals surface area contributed by atoms with Crippen LogP contribution in [0.4, 0.5) is 18.9 Å². The number of nitrogens with one attached hydrogen (secondary N) is 1. The Bertz CT molecular complexity index is 1470. The number of rotatable bonds is 12. The van der Waals surface area contributed by atoms with E-state index in [9.17, 15) is 31.2 Å². The fourth-order valence-corrected chi connectivity index (χ4v) is 5.37. The molecule has 0 unspecified atom stereocenters. The van der Waals surface area contributed by atoms with E-state index < -0.39 is 51.9 Å². The van der Waals surface area contributed by atoms with E-state index in [1.165, 1.54) is 4.90 Å². The van der Waals surface area contributed by atoms with Crippen molar-refractivity contribution in [2.45, 2.75) is 51.5 Å². The Labute approximate surface area is 249 Å².